The van der Waals surface area contributed by atoms with E-state index in [1.54, 1.807) is 38.1 Å². The second-order valence-corrected chi connectivity index (χ2v) is 7.15. The van der Waals surface area contributed by atoms with Crippen LogP contribution in [0.2, 0.25) is 0 Å². The maximum absolute atomic E-state index is 12.3. The number of carboxylic acid groups (broad SMARTS) is 1. The van der Waals surface area contributed by atoms with E-state index in [4.69, 9.17) is 5.11 Å². The number of aromatic carboxylic acids is 1. The molecule has 1 atom stereocenters. The Morgan fingerprint density at radius 3 is 2.33 bits per heavy atom. The number of thiazole rings is 1. The highest BCUT2D eigenvalue weighted by Crippen LogP contribution is 2.24. The molecule has 1 aromatic heterocycles. The molecule has 1 unspecified atom stereocenters. The van der Waals surface area contributed by atoms with Gasteiger partial charge in [0.25, 0.3) is 11.8 Å². The summed E-state index contributed by atoms with van der Waals surface area (Å²) < 4.78 is 0. The predicted octanol–water partition coefficient (Wildman–Crippen LogP) is 2.01. The third-order valence-corrected chi connectivity index (χ3v) is 5.52. The minimum Gasteiger partial charge on any atom is -0.477 e. The third kappa shape index (κ3) is 3.59. The number of carboxylic acids is 1. The Balaban J connectivity index is 1.59. The predicted molar refractivity (Wildman–Crippen MR) is 96.8 cm³/mol. The number of fused-ring (bicyclic) bond motifs is 1. The molecular weight excluding hydrogens is 370 g/mol. The van der Waals surface area contributed by atoms with E-state index in [0.717, 1.165) is 16.2 Å². The van der Waals surface area contributed by atoms with Crippen LogP contribution in [0.5, 0.6) is 0 Å². The van der Waals surface area contributed by atoms with Crippen molar-refractivity contribution in [2.24, 2.45) is 0 Å². The molecule has 27 heavy (non-hydrogen) atoms. The molecule has 0 aliphatic carbocycles. The van der Waals surface area contributed by atoms with Gasteiger partial charge in [0.1, 0.15) is 9.88 Å². The molecule has 140 valence electrons. The summed E-state index contributed by atoms with van der Waals surface area (Å²) in [6.45, 7) is 3.27. The highest BCUT2D eigenvalue weighted by molar-refractivity contribution is 7.13. The number of nitrogens with zero attached hydrogens (tertiary/aromatic N) is 2. The number of amides is 3. The zero-order valence-corrected chi connectivity index (χ0v) is 15.5. The molecule has 0 bridgehead atoms. The van der Waals surface area contributed by atoms with Gasteiger partial charge in [-0.1, -0.05) is 12.1 Å². The van der Waals surface area contributed by atoms with Crippen molar-refractivity contribution in [1.82, 2.24) is 15.2 Å². The van der Waals surface area contributed by atoms with Gasteiger partial charge in [-0.15, -0.1) is 11.3 Å². The topological polar surface area (TPSA) is 117 Å². The molecule has 0 saturated carbocycles. The fourth-order valence-corrected chi connectivity index (χ4v) is 3.74. The van der Waals surface area contributed by atoms with Crippen LogP contribution >= 0.6 is 11.3 Å². The van der Waals surface area contributed by atoms with Gasteiger partial charge in [0.05, 0.1) is 22.9 Å². The zero-order chi connectivity index (χ0) is 19.7. The Kier molecular flexibility index (Phi) is 5.04. The van der Waals surface area contributed by atoms with Gasteiger partial charge >= 0.3 is 5.97 Å². The summed E-state index contributed by atoms with van der Waals surface area (Å²) in [7, 11) is 0. The lowest BCUT2D eigenvalue weighted by Crippen LogP contribution is -2.35. The normalized spacial score (nSPS) is 14.2. The van der Waals surface area contributed by atoms with E-state index in [0.29, 0.717) is 21.8 Å². The van der Waals surface area contributed by atoms with Crippen LogP contribution in [-0.4, -0.2) is 45.2 Å². The van der Waals surface area contributed by atoms with Gasteiger partial charge in [0.2, 0.25) is 5.91 Å². The van der Waals surface area contributed by atoms with E-state index in [9.17, 15) is 19.2 Å². The van der Waals surface area contributed by atoms with Gasteiger partial charge in [-0.3, -0.25) is 19.3 Å². The van der Waals surface area contributed by atoms with Crippen molar-refractivity contribution in [2.75, 3.05) is 6.54 Å². The summed E-state index contributed by atoms with van der Waals surface area (Å²) in [5.41, 5.74) is 1.08. The number of nitrogens with one attached hydrogen (secondary N) is 1. The fourth-order valence-electron chi connectivity index (χ4n) is 2.83. The Bertz CT molecular complexity index is 917. The van der Waals surface area contributed by atoms with E-state index in [1.807, 2.05) is 0 Å². The highest BCUT2D eigenvalue weighted by Gasteiger charge is 2.35. The summed E-state index contributed by atoms with van der Waals surface area (Å²) in [4.78, 5) is 53.2. The number of imide groups is 1. The van der Waals surface area contributed by atoms with E-state index in [1.165, 1.54) is 0 Å². The standard InChI is InChI=1S/C18H17N3O5S/c1-9-14(18(25)26)27-15(20-9)10(2)19-13(22)7-8-21-16(23)11-5-3-4-6-12(11)17(21)24/h3-6,10H,7-8H2,1-2H3,(H,19,22)(H,25,26). The van der Waals surface area contributed by atoms with Crippen molar-refractivity contribution in [2.45, 2.75) is 26.3 Å². The van der Waals surface area contributed by atoms with Crippen molar-refractivity contribution >= 4 is 35.0 Å². The third-order valence-electron chi connectivity index (χ3n) is 4.20. The van der Waals surface area contributed by atoms with Crippen LogP contribution in [0.25, 0.3) is 0 Å². The van der Waals surface area contributed by atoms with Crippen LogP contribution in [0.15, 0.2) is 24.3 Å². The number of benzene rings is 1. The van der Waals surface area contributed by atoms with Gasteiger partial charge in [0, 0.05) is 13.0 Å². The largest absolute Gasteiger partial charge is 0.477 e. The molecule has 1 aliphatic rings. The Hall–Kier alpha value is -3.07. The molecule has 3 rings (SSSR count). The summed E-state index contributed by atoms with van der Waals surface area (Å²) >= 11 is 1.01. The number of aryl methyl sites for hydroxylation is 1. The number of carbonyl (C=O) groups excluding carboxylic acids is 3. The van der Waals surface area contributed by atoms with Gasteiger partial charge in [-0.2, -0.15) is 0 Å². The monoisotopic (exact) mass is 387 g/mol. The van der Waals surface area contributed by atoms with Crippen LogP contribution in [-0.2, 0) is 4.79 Å². The molecule has 1 aromatic carbocycles. The molecule has 0 spiro atoms. The number of aromatic nitrogens is 1. The van der Waals surface area contributed by atoms with Crippen LogP contribution in [0.4, 0.5) is 0 Å². The first-order valence-electron chi connectivity index (χ1n) is 8.24. The van der Waals surface area contributed by atoms with E-state index in [2.05, 4.69) is 10.3 Å². The number of hydrogen-bond donors (Lipinski definition) is 2. The molecule has 2 heterocycles. The second kappa shape index (κ2) is 7.28. The minimum absolute atomic E-state index is 0.0256. The molecule has 2 aromatic rings. The van der Waals surface area contributed by atoms with Crippen molar-refractivity contribution in [1.29, 1.82) is 0 Å². The summed E-state index contributed by atoms with van der Waals surface area (Å²) in [6.07, 6.45) is -0.0496. The lowest BCUT2D eigenvalue weighted by molar-refractivity contribution is -0.121. The van der Waals surface area contributed by atoms with Crippen molar-refractivity contribution in [3.63, 3.8) is 0 Å². The Morgan fingerprint density at radius 2 is 1.81 bits per heavy atom. The highest BCUT2D eigenvalue weighted by atomic mass is 32.1. The number of rotatable bonds is 6. The van der Waals surface area contributed by atoms with Crippen LogP contribution < -0.4 is 5.32 Å². The SMILES string of the molecule is Cc1nc(C(C)NC(=O)CCN2C(=O)c3ccccc3C2=O)sc1C(=O)O. The molecule has 3 amide bonds. The van der Waals surface area contributed by atoms with E-state index < -0.39 is 23.8 Å². The molecule has 8 nitrogen and oxygen atoms in total. The van der Waals surface area contributed by atoms with Crippen molar-refractivity contribution in [3.8, 4) is 0 Å². The van der Waals surface area contributed by atoms with Gasteiger partial charge in [-0.05, 0) is 26.0 Å². The van der Waals surface area contributed by atoms with Gasteiger partial charge < -0.3 is 10.4 Å². The molecule has 2 N–H and O–H groups in total. The van der Waals surface area contributed by atoms with E-state index >= 15 is 0 Å². The molecule has 0 saturated heterocycles. The minimum atomic E-state index is -1.06. The average Bonchev–Trinajstić information content (AvgIpc) is 3.13. The quantitative estimate of drug-likeness (QED) is 0.733. The summed E-state index contributed by atoms with van der Waals surface area (Å²) in [6, 6.07) is 6.06. The van der Waals surface area contributed by atoms with Crippen LogP contribution in [0, 0.1) is 6.92 Å². The molecule has 0 fully saturated rings. The molecule has 1 aliphatic heterocycles. The smallest absolute Gasteiger partial charge is 0.347 e. The van der Waals surface area contributed by atoms with Gasteiger partial charge in [0.15, 0.2) is 0 Å². The van der Waals surface area contributed by atoms with Crippen LogP contribution in [0.1, 0.15) is 60.5 Å². The Morgan fingerprint density at radius 1 is 1.22 bits per heavy atom. The maximum Gasteiger partial charge on any atom is 0.347 e. The first-order chi connectivity index (χ1) is 12.8. The van der Waals surface area contributed by atoms with E-state index in [-0.39, 0.29) is 23.7 Å². The molecule has 9 heteroatoms. The van der Waals surface area contributed by atoms with Crippen LogP contribution in [0.3, 0.4) is 0 Å². The lowest BCUT2D eigenvalue weighted by atomic mass is 10.1. The Labute approximate surface area is 158 Å². The average molecular weight is 387 g/mol. The first kappa shape index (κ1) is 18.7. The summed E-state index contributed by atoms with van der Waals surface area (Å²) in [5.74, 6) is -2.22. The lowest BCUT2D eigenvalue weighted by Gasteiger charge is -2.15. The number of carbonyl (C=O) groups is 4. The fraction of sp³-hybridized carbons (Fsp3) is 0.278. The van der Waals surface area contributed by atoms with Crippen molar-refractivity contribution in [3.05, 3.63) is 51.0 Å². The van der Waals surface area contributed by atoms with Gasteiger partial charge in [-0.25, -0.2) is 9.78 Å². The second-order valence-electron chi connectivity index (χ2n) is 6.12. The molecular formula is C18H17N3O5S. The summed E-state index contributed by atoms with van der Waals surface area (Å²) in [5, 5.41) is 12.3. The van der Waals surface area contributed by atoms with Crippen molar-refractivity contribution < 1.29 is 24.3 Å². The number of hydrogen-bond acceptors (Lipinski definition) is 6. The zero-order valence-electron chi connectivity index (χ0n) is 14.7. The molecule has 0 radical (unpaired) electrons. The maximum atomic E-state index is 12.3. The first-order valence-corrected chi connectivity index (χ1v) is 9.06.